The first kappa shape index (κ1) is 16.8. The predicted octanol–water partition coefficient (Wildman–Crippen LogP) is 3.35. The fourth-order valence-electron chi connectivity index (χ4n) is 2.97. The second kappa shape index (κ2) is 6.81. The zero-order valence-corrected chi connectivity index (χ0v) is 14.3. The van der Waals surface area contributed by atoms with Crippen molar-refractivity contribution in [3.63, 3.8) is 0 Å². The van der Waals surface area contributed by atoms with Gasteiger partial charge < -0.3 is 10.1 Å². The van der Waals surface area contributed by atoms with Gasteiger partial charge in [0, 0.05) is 18.4 Å². The van der Waals surface area contributed by atoms with Crippen molar-refractivity contribution < 1.29 is 18.7 Å². The fourth-order valence-corrected chi connectivity index (χ4v) is 3.79. The Kier molecular flexibility index (Phi) is 4.76. The molecule has 1 N–H and O–H groups in total. The number of nitrogens with one attached hydrogen (secondary N) is 1. The number of hydrogen-bond donors (Lipinski definition) is 1. The highest BCUT2D eigenvalue weighted by Crippen LogP contribution is 2.34. The summed E-state index contributed by atoms with van der Waals surface area (Å²) in [6, 6.07) is 4.85. The maximum atomic E-state index is 14.6. The summed E-state index contributed by atoms with van der Waals surface area (Å²) in [5.41, 5.74) is 2.00. The van der Waals surface area contributed by atoms with E-state index in [-0.39, 0.29) is 17.6 Å². The summed E-state index contributed by atoms with van der Waals surface area (Å²) >= 11 is 1.72. The van der Waals surface area contributed by atoms with Gasteiger partial charge >= 0.3 is 5.97 Å². The van der Waals surface area contributed by atoms with Crippen LogP contribution >= 0.6 is 11.8 Å². The third-order valence-electron chi connectivity index (χ3n) is 4.19. The van der Waals surface area contributed by atoms with Gasteiger partial charge in [-0.15, -0.1) is 11.8 Å². The average molecular weight is 347 g/mol. The van der Waals surface area contributed by atoms with Crippen molar-refractivity contribution >= 4 is 29.2 Å². The Morgan fingerprint density at radius 1 is 1.42 bits per heavy atom. The molecule has 0 fully saturated rings. The van der Waals surface area contributed by atoms with Gasteiger partial charge in [-0.1, -0.05) is 18.2 Å². The summed E-state index contributed by atoms with van der Waals surface area (Å²) in [6.45, 7) is 3.05. The smallest absolute Gasteiger partial charge is 0.341 e. The van der Waals surface area contributed by atoms with Gasteiger partial charge in [-0.25, -0.2) is 9.18 Å². The summed E-state index contributed by atoms with van der Waals surface area (Å²) in [6.07, 6.45) is 2.12. The number of hydrogen-bond acceptors (Lipinski definition) is 4. The van der Waals surface area contributed by atoms with E-state index in [1.54, 1.807) is 30.8 Å². The highest BCUT2D eigenvalue weighted by atomic mass is 32.2. The Balaban J connectivity index is 1.92. The molecule has 1 unspecified atom stereocenters. The number of rotatable bonds is 3. The molecular formula is C18H18FNO3S. The molecule has 0 radical (unpaired) electrons. The molecule has 6 heteroatoms. The number of amides is 1. The molecular weight excluding hydrogens is 329 g/mol. The van der Waals surface area contributed by atoms with Crippen LogP contribution in [0.1, 0.15) is 37.3 Å². The van der Waals surface area contributed by atoms with Gasteiger partial charge in [-0.05, 0) is 41.7 Å². The zero-order valence-electron chi connectivity index (χ0n) is 13.5. The molecule has 3 rings (SSSR count). The summed E-state index contributed by atoms with van der Waals surface area (Å²) < 4.78 is 19.7. The van der Waals surface area contributed by atoms with Gasteiger partial charge in [0.05, 0.1) is 5.57 Å². The Bertz CT molecular complexity index is 757. The molecule has 1 aromatic rings. The maximum absolute atomic E-state index is 14.6. The number of halogens is 1. The molecule has 2 aliphatic rings. The van der Waals surface area contributed by atoms with E-state index < -0.39 is 12.2 Å². The van der Waals surface area contributed by atoms with Crippen molar-refractivity contribution in [2.24, 2.45) is 0 Å². The van der Waals surface area contributed by atoms with Crippen molar-refractivity contribution in [2.45, 2.75) is 32.4 Å². The minimum atomic E-state index is -0.786. The first-order valence-corrected chi connectivity index (χ1v) is 8.79. The third kappa shape index (κ3) is 3.24. The minimum Gasteiger partial charge on any atom is -0.434 e. The Hall–Kier alpha value is -2.08. The first-order valence-electron chi connectivity index (χ1n) is 7.74. The van der Waals surface area contributed by atoms with Crippen LogP contribution in [0.2, 0.25) is 0 Å². The molecule has 0 saturated carbocycles. The van der Waals surface area contributed by atoms with Crippen LogP contribution in [0.5, 0.6) is 0 Å². The van der Waals surface area contributed by atoms with Gasteiger partial charge in [-0.3, -0.25) is 4.79 Å². The molecule has 0 saturated heterocycles. The van der Waals surface area contributed by atoms with E-state index in [1.165, 1.54) is 13.0 Å². The number of cyclic esters (lactones) is 1. The topological polar surface area (TPSA) is 55.4 Å². The van der Waals surface area contributed by atoms with Crippen LogP contribution < -0.4 is 5.32 Å². The van der Waals surface area contributed by atoms with E-state index in [2.05, 4.69) is 5.32 Å². The number of carbonyl (C=O) groups is 2. The van der Waals surface area contributed by atoms with E-state index in [4.69, 9.17) is 4.74 Å². The summed E-state index contributed by atoms with van der Waals surface area (Å²) in [7, 11) is 0. The number of benzene rings is 1. The molecule has 126 valence electrons. The molecule has 2 heterocycles. The monoisotopic (exact) mass is 347 g/mol. The Morgan fingerprint density at radius 3 is 2.83 bits per heavy atom. The van der Waals surface area contributed by atoms with Gasteiger partial charge in [-0.2, -0.15) is 0 Å². The van der Waals surface area contributed by atoms with Crippen molar-refractivity contribution in [3.05, 3.63) is 52.2 Å². The Labute approximate surface area is 144 Å². The van der Waals surface area contributed by atoms with E-state index in [1.807, 2.05) is 11.5 Å². The predicted molar refractivity (Wildman–Crippen MR) is 91.6 cm³/mol. The third-order valence-corrected chi connectivity index (χ3v) is 5.01. The fraction of sp³-hybridized carbons (Fsp3) is 0.333. The van der Waals surface area contributed by atoms with Crippen LogP contribution in [0.4, 0.5) is 4.39 Å². The summed E-state index contributed by atoms with van der Waals surface area (Å²) in [4.78, 5) is 23.3. The van der Waals surface area contributed by atoms with Crippen LogP contribution in [0.25, 0.3) is 5.57 Å². The van der Waals surface area contributed by atoms with Crippen molar-refractivity contribution in [3.8, 4) is 0 Å². The molecule has 0 bridgehead atoms. The summed E-state index contributed by atoms with van der Waals surface area (Å²) in [5, 5.41) is 4.55. The largest absolute Gasteiger partial charge is 0.434 e. The SMILES string of the molecule is CC(=O)N[C@@H]1OC(=O)C(c2ccc(C3C=CSCC3)c(F)c2)=C1C. The molecule has 2 aliphatic heterocycles. The van der Waals surface area contributed by atoms with E-state index in [0.29, 0.717) is 22.3 Å². The van der Waals surface area contributed by atoms with Gasteiger partial charge in [0.2, 0.25) is 5.91 Å². The quantitative estimate of drug-likeness (QED) is 0.852. The number of carbonyl (C=O) groups excluding carboxylic acids is 2. The molecule has 1 amide bonds. The first-order chi connectivity index (χ1) is 11.5. The molecule has 0 aromatic heterocycles. The number of allylic oxidation sites excluding steroid dienone is 1. The maximum Gasteiger partial charge on any atom is 0.341 e. The molecule has 24 heavy (non-hydrogen) atoms. The molecule has 4 nitrogen and oxygen atoms in total. The number of ether oxygens (including phenoxy) is 1. The zero-order chi connectivity index (χ0) is 17.3. The van der Waals surface area contributed by atoms with Crippen LogP contribution in [-0.2, 0) is 14.3 Å². The lowest BCUT2D eigenvalue weighted by Crippen LogP contribution is -2.34. The van der Waals surface area contributed by atoms with E-state index >= 15 is 0 Å². The van der Waals surface area contributed by atoms with Crippen LogP contribution in [0.15, 0.2) is 35.3 Å². The average Bonchev–Trinajstić information content (AvgIpc) is 2.81. The van der Waals surface area contributed by atoms with Crippen LogP contribution in [0, 0.1) is 5.82 Å². The van der Waals surface area contributed by atoms with Crippen LogP contribution in [0.3, 0.4) is 0 Å². The van der Waals surface area contributed by atoms with Crippen molar-refractivity contribution in [2.75, 3.05) is 5.75 Å². The molecule has 1 aromatic carbocycles. The lowest BCUT2D eigenvalue weighted by atomic mass is 9.92. The second-order valence-corrected chi connectivity index (χ2v) is 6.89. The Morgan fingerprint density at radius 2 is 2.21 bits per heavy atom. The van der Waals surface area contributed by atoms with Crippen molar-refractivity contribution in [1.29, 1.82) is 0 Å². The summed E-state index contributed by atoms with van der Waals surface area (Å²) in [5.74, 6) is -0.135. The highest BCUT2D eigenvalue weighted by molar-refractivity contribution is 8.02. The molecule has 2 atom stereocenters. The normalized spacial score (nSPS) is 23.4. The lowest BCUT2D eigenvalue weighted by molar-refractivity contribution is -0.140. The molecule has 0 aliphatic carbocycles. The van der Waals surface area contributed by atoms with Gasteiger partial charge in [0.25, 0.3) is 0 Å². The second-order valence-electron chi connectivity index (χ2n) is 5.87. The van der Waals surface area contributed by atoms with Crippen molar-refractivity contribution in [1.82, 2.24) is 5.32 Å². The minimum absolute atomic E-state index is 0.0676. The van der Waals surface area contributed by atoms with Gasteiger partial charge in [0.15, 0.2) is 6.23 Å². The number of thioether (sulfide) groups is 1. The van der Waals surface area contributed by atoms with Crippen LogP contribution in [-0.4, -0.2) is 23.9 Å². The lowest BCUT2D eigenvalue weighted by Gasteiger charge is -2.17. The van der Waals surface area contributed by atoms with Gasteiger partial charge in [0.1, 0.15) is 5.82 Å². The van der Waals surface area contributed by atoms with E-state index in [0.717, 1.165) is 12.2 Å². The number of esters is 1. The van der Waals surface area contributed by atoms with E-state index in [9.17, 15) is 14.0 Å². The standard InChI is InChI=1S/C18H18FNO3S/c1-10-16(18(22)23-17(10)20-11(2)21)13-3-4-14(15(19)9-13)12-5-7-24-8-6-12/h3-5,7,9,12,17H,6,8H2,1-2H3,(H,20,21)/t12?,17-/m1/s1. The molecule has 0 spiro atoms. The highest BCUT2D eigenvalue weighted by Gasteiger charge is 2.33.